The van der Waals surface area contributed by atoms with Gasteiger partial charge < -0.3 is 18.9 Å². The van der Waals surface area contributed by atoms with Gasteiger partial charge in [-0.25, -0.2) is 0 Å². The fourth-order valence-corrected chi connectivity index (χ4v) is 5.05. The third-order valence-electron chi connectivity index (χ3n) is 6.56. The molecule has 166 valence electrons. The van der Waals surface area contributed by atoms with Gasteiger partial charge in [0.15, 0.2) is 11.6 Å². The number of ketones is 2. The number of Topliss-reactive ketones (excluding diaryl/α,β-unsaturated/α-hetero) is 2. The van der Waals surface area contributed by atoms with Crippen molar-refractivity contribution in [3.8, 4) is 0 Å². The summed E-state index contributed by atoms with van der Waals surface area (Å²) >= 11 is 0. The number of carbonyl (C=O) groups is 6. The Morgan fingerprint density at radius 3 is 1.30 bits per heavy atom. The minimum absolute atomic E-state index is 0.201. The Morgan fingerprint density at radius 1 is 0.700 bits per heavy atom. The predicted octanol–water partition coefficient (Wildman–Crippen LogP) is 0.390. The lowest BCUT2D eigenvalue weighted by Gasteiger charge is -2.32. The number of hydrogen-bond acceptors (Lipinski definition) is 10. The summed E-state index contributed by atoms with van der Waals surface area (Å²) in [7, 11) is 4.59. The Labute approximate surface area is 173 Å². The SMILES string of the molecule is COC(=O)CC[C@@]1(C(=O)OC)C(=O)C[C@H]2[C@@H]1CC(=O)[C@@]2(CCC(=O)OC)C(=O)OC. The van der Waals surface area contributed by atoms with Crippen LogP contribution in [0.15, 0.2) is 0 Å². The van der Waals surface area contributed by atoms with E-state index in [-0.39, 0.29) is 38.5 Å². The zero-order valence-electron chi connectivity index (χ0n) is 17.5. The van der Waals surface area contributed by atoms with Crippen molar-refractivity contribution in [1.82, 2.24) is 0 Å². The largest absolute Gasteiger partial charge is 0.469 e. The molecule has 30 heavy (non-hydrogen) atoms. The molecule has 0 radical (unpaired) electrons. The van der Waals surface area contributed by atoms with Gasteiger partial charge in [-0.05, 0) is 24.7 Å². The lowest BCUT2D eigenvalue weighted by atomic mass is 9.69. The molecule has 2 aliphatic carbocycles. The molecule has 2 aliphatic rings. The van der Waals surface area contributed by atoms with Gasteiger partial charge >= 0.3 is 23.9 Å². The summed E-state index contributed by atoms with van der Waals surface area (Å²) < 4.78 is 19.0. The van der Waals surface area contributed by atoms with E-state index in [0.29, 0.717) is 0 Å². The van der Waals surface area contributed by atoms with Crippen molar-refractivity contribution in [2.45, 2.75) is 38.5 Å². The van der Waals surface area contributed by atoms with Crippen LogP contribution in [0.25, 0.3) is 0 Å². The number of rotatable bonds is 8. The standard InChI is InChI=1S/C20H26O10/c1-27-15(23)5-7-19(17(25)29-3)11-9-14(22)20(18(26)30-4,8-6-16(24)28-2)12(11)10-13(19)21/h11-12H,5-10H2,1-4H3/t11-,12-,19-,20-/m0/s1. The van der Waals surface area contributed by atoms with Gasteiger partial charge in [0, 0.05) is 25.7 Å². The van der Waals surface area contributed by atoms with Crippen LogP contribution in [-0.4, -0.2) is 63.9 Å². The molecular weight excluding hydrogens is 400 g/mol. The van der Waals surface area contributed by atoms with Gasteiger partial charge in [-0.15, -0.1) is 0 Å². The summed E-state index contributed by atoms with van der Waals surface area (Å²) in [4.78, 5) is 75.1. The van der Waals surface area contributed by atoms with Crippen molar-refractivity contribution in [2.75, 3.05) is 28.4 Å². The second-order valence-corrected chi connectivity index (χ2v) is 7.55. The molecule has 0 aromatic heterocycles. The zero-order valence-corrected chi connectivity index (χ0v) is 17.5. The van der Waals surface area contributed by atoms with E-state index in [4.69, 9.17) is 9.47 Å². The molecule has 0 aliphatic heterocycles. The van der Waals surface area contributed by atoms with Gasteiger partial charge in [0.1, 0.15) is 10.8 Å². The van der Waals surface area contributed by atoms with Gasteiger partial charge in [0.25, 0.3) is 0 Å². The van der Waals surface area contributed by atoms with E-state index >= 15 is 0 Å². The highest BCUT2D eigenvalue weighted by molar-refractivity contribution is 6.13. The van der Waals surface area contributed by atoms with Crippen molar-refractivity contribution < 1.29 is 47.7 Å². The zero-order chi connectivity index (χ0) is 22.7. The maximum Gasteiger partial charge on any atom is 0.319 e. The van der Waals surface area contributed by atoms with Crippen molar-refractivity contribution in [1.29, 1.82) is 0 Å². The Balaban J connectivity index is 2.52. The van der Waals surface area contributed by atoms with Crippen LogP contribution in [0.3, 0.4) is 0 Å². The van der Waals surface area contributed by atoms with Gasteiger partial charge in [0.05, 0.1) is 28.4 Å². The summed E-state index contributed by atoms with van der Waals surface area (Å²) in [6.45, 7) is 0. The highest BCUT2D eigenvalue weighted by atomic mass is 16.5. The topological polar surface area (TPSA) is 139 Å². The van der Waals surface area contributed by atoms with Gasteiger partial charge in [-0.1, -0.05) is 0 Å². The minimum Gasteiger partial charge on any atom is -0.469 e. The Kier molecular flexibility index (Phi) is 6.99. The molecule has 2 saturated carbocycles. The normalized spacial score (nSPS) is 29.9. The number of ether oxygens (including phenoxy) is 4. The summed E-state index contributed by atoms with van der Waals surface area (Å²) in [6, 6.07) is 0. The van der Waals surface area contributed by atoms with E-state index < -0.39 is 58.1 Å². The summed E-state index contributed by atoms with van der Waals surface area (Å²) in [6.07, 6.45) is -1.36. The third kappa shape index (κ3) is 3.48. The van der Waals surface area contributed by atoms with E-state index in [1.165, 1.54) is 14.2 Å². The Morgan fingerprint density at radius 2 is 1.03 bits per heavy atom. The molecule has 0 saturated heterocycles. The van der Waals surface area contributed by atoms with Crippen molar-refractivity contribution in [2.24, 2.45) is 22.7 Å². The van der Waals surface area contributed by atoms with Crippen LogP contribution >= 0.6 is 0 Å². The van der Waals surface area contributed by atoms with E-state index in [2.05, 4.69) is 9.47 Å². The average molecular weight is 426 g/mol. The predicted molar refractivity (Wildman–Crippen MR) is 97.6 cm³/mol. The maximum absolute atomic E-state index is 13.1. The van der Waals surface area contributed by atoms with Gasteiger partial charge in [-0.3, -0.25) is 28.8 Å². The Bertz CT molecular complexity index is 708. The summed E-state index contributed by atoms with van der Waals surface area (Å²) in [5.74, 6) is -5.68. The number of methoxy groups -OCH3 is 4. The number of carbonyl (C=O) groups excluding carboxylic acids is 6. The van der Waals surface area contributed by atoms with Crippen LogP contribution in [0.4, 0.5) is 0 Å². The molecule has 0 bridgehead atoms. The van der Waals surface area contributed by atoms with Crippen LogP contribution in [0.5, 0.6) is 0 Å². The molecule has 0 aromatic rings. The van der Waals surface area contributed by atoms with Crippen LogP contribution in [-0.2, 0) is 47.7 Å². The highest BCUT2D eigenvalue weighted by Gasteiger charge is 2.72. The number of esters is 4. The molecule has 10 nitrogen and oxygen atoms in total. The smallest absolute Gasteiger partial charge is 0.319 e. The molecule has 10 heteroatoms. The molecule has 0 N–H and O–H groups in total. The third-order valence-corrected chi connectivity index (χ3v) is 6.56. The van der Waals surface area contributed by atoms with E-state index in [9.17, 15) is 28.8 Å². The Hall–Kier alpha value is -2.78. The van der Waals surface area contributed by atoms with Gasteiger partial charge in [0.2, 0.25) is 0 Å². The van der Waals surface area contributed by atoms with Crippen molar-refractivity contribution in [3.63, 3.8) is 0 Å². The van der Waals surface area contributed by atoms with E-state index in [1.54, 1.807) is 0 Å². The highest BCUT2D eigenvalue weighted by Crippen LogP contribution is 2.62. The molecule has 4 atom stereocenters. The van der Waals surface area contributed by atoms with E-state index in [1.807, 2.05) is 0 Å². The fraction of sp³-hybridized carbons (Fsp3) is 0.700. The summed E-state index contributed by atoms with van der Waals surface area (Å²) in [5, 5.41) is 0. The lowest BCUT2D eigenvalue weighted by Crippen LogP contribution is -2.43. The van der Waals surface area contributed by atoms with Crippen molar-refractivity contribution >= 4 is 35.4 Å². The number of fused-ring (bicyclic) bond motifs is 1. The molecule has 2 fully saturated rings. The van der Waals surface area contributed by atoms with Crippen LogP contribution in [0.2, 0.25) is 0 Å². The molecule has 0 aromatic carbocycles. The molecule has 0 spiro atoms. The quantitative estimate of drug-likeness (QED) is 0.304. The average Bonchev–Trinajstić information content (AvgIpc) is 3.18. The monoisotopic (exact) mass is 426 g/mol. The first kappa shape index (κ1) is 23.5. The first-order chi connectivity index (χ1) is 14.1. The van der Waals surface area contributed by atoms with Crippen LogP contribution < -0.4 is 0 Å². The fourth-order valence-electron chi connectivity index (χ4n) is 5.05. The molecule has 2 rings (SSSR count). The number of hydrogen-bond donors (Lipinski definition) is 0. The van der Waals surface area contributed by atoms with E-state index in [0.717, 1.165) is 14.2 Å². The first-order valence-corrected chi connectivity index (χ1v) is 9.52. The van der Waals surface area contributed by atoms with Crippen LogP contribution in [0, 0.1) is 22.7 Å². The lowest BCUT2D eigenvalue weighted by molar-refractivity contribution is -0.164. The first-order valence-electron chi connectivity index (χ1n) is 9.52. The summed E-state index contributed by atoms with van der Waals surface area (Å²) in [5.41, 5.74) is -3.49. The van der Waals surface area contributed by atoms with Gasteiger partial charge in [-0.2, -0.15) is 0 Å². The maximum atomic E-state index is 13.1. The second-order valence-electron chi connectivity index (χ2n) is 7.55. The minimum atomic E-state index is -1.75. The molecule has 0 heterocycles. The molecule has 0 unspecified atom stereocenters. The second kappa shape index (κ2) is 8.93. The van der Waals surface area contributed by atoms with Crippen LogP contribution in [0.1, 0.15) is 38.5 Å². The molecular formula is C20H26O10. The van der Waals surface area contributed by atoms with Crippen molar-refractivity contribution in [3.05, 3.63) is 0 Å². The molecule has 0 amide bonds.